The standard InChI is InChI=1S/C21H27N3O2/c1-22-20(21(25)26)15-16-3-5-17(6-4-16)18-7-9-19(10-8-18)24-13-11-23(2)12-14-24/h3-10,20,22H,11-15H2,1-2H3,(H,25,26)/t20-/m0/s1. The molecule has 26 heavy (non-hydrogen) atoms. The number of aliphatic carboxylic acids is 1. The van der Waals surface area contributed by atoms with Gasteiger partial charge in [0.15, 0.2) is 0 Å². The second-order valence-corrected chi connectivity index (χ2v) is 6.92. The highest BCUT2D eigenvalue weighted by Gasteiger charge is 2.16. The first kappa shape index (κ1) is 18.4. The minimum atomic E-state index is -0.823. The molecule has 0 aliphatic carbocycles. The number of hydrogen-bond acceptors (Lipinski definition) is 4. The van der Waals surface area contributed by atoms with E-state index in [0.717, 1.165) is 37.3 Å². The van der Waals surface area contributed by atoms with E-state index in [-0.39, 0.29) is 0 Å². The van der Waals surface area contributed by atoms with E-state index in [0.29, 0.717) is 6.42 Å². The molecular formula is C21H27N3O2. The van der Waals surface area contributed by atoms with E-state index < -0.39 is 12.0 Å². The molecule has 1 atom stereocenters. The molecule has 2 aromatic carbocycles. The van der Waals surface area contributed by atoms with Gasteiger partial charge in [-0.1, -0.05) is 36.4 Å². The van der Waals surface area contributed by atoms with E-state index >= 15 is 0 Å². The second kappa shape index (κ2) is 8.34. The second-order valence-electron chi connectivity index (χ2n) is 6.92. The van der Waals surface area contributed by atoms with E-state index in [1.807, 2.05) is 12.1 Å². The predicted molar refractivity (Wildman–Crippen MR) is 106 cm³/mol. The number of hydrogen-bond donors (Lipinski definition) is 2. The van der Waals surface area contributed by atoms with Gasteiger partial charge < -0.3 is 20.2 Å². The molecule has 0 radical (unpaired) electrons. The van der Waals surface area contributed by atoms with Gasteiger partial charge in [-0.3, -0.25) is 4.79 Å². The third-order valence-electron chi connectivity index (χ3n) is 5.11. The molecule has 1 aliphatic heterocycles. The number of carboxylic acid groups (broad SMARTS) is 1. The summed E-state index contributed by atoms with van der Waals surface area (Å²) in [7, 11) is 3.84. The normalized spacial score (nSPS) is 16.5. The van der Waals surface area contributed by atoms with Gasteiger partial charge in [-0.2, -0.15) is 0 Å². The van der Waals surface area contributed by atoms with Gasteiger partial charge in [0.2, 0.25) is 0 Å². The van der Waals surface area contributed by atoms with Gasteiger partial charge in [-0.25, -0.2) is 0 Å². The lowest BCUT2D eigenvalue weighted by molar-refractivity contribution is -0.139. The maximum Gasteiger partial charge on any atom is 0.321 e. The Kier molecular flexibility index (Phi) is 5.91. The Labute approximate surface area is 155 Å². The van der Waals surface area contributed by atoms with Crippen LogP contribution in [-0.2, 0) is 11.2 Å². The van der Waals surface area contributed by atoms with Crippen LogP contribution in [0.3, 0.4) is 0 Å². The third kappa shape index (κ3) is 4.42. The summed E-state index contributed by atoms with van der Waals surface area (Å²) in [4.78, 5) is 15.9. The molecule has 1 heterocycles. The number of rotatable bonds is 6. The molecule has 3 rings (SSSR count). The molecular weight excluding hydrogens is 326 g/mol. The molecule has 2 N–H and O–H groups in total. The van der Waals surface area contributed by atoms with Crippen molar-refractivity contribution >= 4 is 11.7 Å². The molecule has 0 spiro atoms. The predicted octanol–water partition coefficient (Wildman–Crippen LogP) is 2.32. The summed E-state index contributed by atoms with van der Waals surface area (Å²) in [6.07, 6.45) is 0.481. The van der Waals surface area contributed by atoms with E-state index in [1.165, 1.54) is 11.3 Å². The molecule has 1 aliphatic rings. The third-order valence-corrected chi connectivity index (χ3v) is 5.11. The maximum absolute atomic E-state index is 11.1. The monoisotopic (exact) mass is 353 g/mol. The summed E-state index contributed by atoms with van der Waals surface area (Å²) < 4.78 is 0. The van der Waals surface area contributed by atoms with Crippen LogP contribution in [0.1, 0.15) is 5.56 Å². The van der Waals surface area contributed by atoms with Crippen LogP contribution in [0.5, 0.6) is 0 Å². The highest BCUT2D eigenvalue weighted by atomic mass is 16.4. The molecule has 0 bridgehead atoms. The minimum absolute atomic E-state index is 0.481. The fourth-order valence-corrected chi connectivity index (χ4v) is 3.31. The summed E-state index contributed by atoms with van der Waals surface area (Å²) >= 11 is 0. The quantitative estimate of drug-likeness (QED) is 0.835. The van der Waals surface area contributed by atoms with Crippen molar-refractivity contribution < 1.29 is 9.90 Å². The lowest BCUT2D eigenvalue weighted by Crippen LogP contribution is -2.44. The summed E-state index contributed by atoms with van der Waals surface area (Å²) in [6.45, 7) is 4.35. The van der Waals surface area contributed by atoms with Gasteiger partial charge in [0.25, 0.3) is 0 Å². The van der Waals surface area contributed by atoms with Crippen LogP contribution >= 0.6 is 0 Å². The van der Waals surface area contributed by atoms with Crippen LogP contribution in [0.15, 0.2) is 48.5 Å². The minimum Gasteiger partial charge on any atom is -0.480 e. The van der Waals surface area contributed by atoms with Crippen LogP contribution in [0.4, 0.5) is 5.69 Å². The van der Waals surface area contributed by atoms with Crippen LogP contribution in [0, 0.1) is 0 Å². The van der Waals surface area contributed by atoms with Gasteiger partial charge in [-0.15, -0.1) is 0 Å². The van der Waals surface area contributed by atoms with Crippen molar-refractivity contribution in [2.24, 2.45) is 0 Å². The number of carboxylic acids is 1. The Morgan fingerprint density at radius 1 is 1.00 bits per heavy atom. The Morgan fingerprint density at radius 3 is 2.04 bits per heavy atom. The molecule has 5 heteroatoms. The van der Waals surface area contributed by atoms with Crippen LogP contribution in [0.2, 0.25) is 0 Å². The number of benzene rings is 2. The smallest absolute Gasteiger partial charge is 0.321 e. The van der Waals surface area contributed by atoms with Crippen molar-refractivity contribution in [2.45, 2.75) is 12.5 Å². The lowest BCUT2D eigenvalue weighted by Gasteiger charge is -2.34. The summed E-state index contributed by atoms with van der Waals surface area (Å²) in [5, 5.41) is 12.0. The number of likely N-dealkylation sites (N-methyl/N-ethyl adjacent to an activating group) is 2. The largest absolute Gasteiger partial charge is 0.480 e. The van der Waals surface area contributed by atoms with E-state index in [4.69, 9.17) is 5.11 Å². The summed E-state index contributed by atoms with van der Waals surface area (Å²) in [5.74, 6) is -0.823. The van der Waals surface area contributed by atoms with Crippen molar-refractivity contribution in [3.63, 3.8) is 0 Å². The molecule has 0 saturated carbocycles. The number of anilines is 1. The average molecular weight is 353 g/mol. The Balaban J connectivity index is 1.66. The number of nitrogens with one attached hydrogen (secondary N) is 1. The van der Waals surface area contributed by atoms with E-state index in [9.17, 15) is 4.79 Å². The number of piperazine rings is 1. The van der Waals surface area contributed by atoms with Gasteiger partial charge in [0.05, 0.1) is 0 Å². The number of carbonyl (C=O) groups is 1. The van der Waals surface area contributed by atoms with Gasteiger partial charge in [0, 0.05) is 31.9 Å². The molecule has 0 unspecified atom stereocenters. The van der Waals surface area contributed by atoms with Gasteiger partial charge in [-0.05, 0) is 49.3 Å². The lowest BCUT2D eigenvalue weighted by atomic mass is 10.0. The molecule has 2 aromatic rings. The Morgan fingerprint density at radius 2 is 1.54 bits per heavy atom. The summed E-state index contributed by atoms with van der Waals surface area (Å²) in [5.41, 5.74) is 4.62. The maximum atomic E-state index is 11.1. The van der Waals surface area contributed by atoms with Crippen molar-refractivity contribution in [3.8, 4) is 11.1 Å². The molecule has 138 valence electrons. The zero-order valence-corrected chi connectivity index (χ0v) is 15.5. The zero-order valence-electron chi connectivity index (χ0n) is 15.5. The van der Waals surface area contributed by atoms with Crippen molar-refractivity contribution in [1.29, 1.82) is 0 Å². The fourth-order valence-electron chi connectivity index (χ4n) is 3.31. The van der Waals surface area contributed by atoms with Crippen LogP contribution in [-0.4, -0.2) is 62.3 Å². The van der Waals surface area contributed by atoms with E-state index in [1.54, 1.807) is 7.05 Å². The molecule has 5 nitrogen and oxygen atoms in total. The number of nitrogens with zero attached hydrogens (tertiary/aromatic N) is 2. The van der Waals surface area contributed by atoms with E-state index in [2.05, 4.69) is 58.6 Å². The van der Waals surface area contributed by atoms with Crippen molar-refractivity contribution in [2.75, 3.05) is 45.2 Å². The van der Waals surface area contributed by atoms with Crippen LogP contribution in [0.25, 0.3) is 11.1 Å². The fraction of sp³-hybridized carbons (Fsp3) is 0.381. The van der Waals surface area contributed by atoms with Gasteiger partial charge in [0.1, 0.15) is 6.04 Å². The van der Waals surface area contributed by atoms with Gasteiger partial charge >= 0.3 is 5.97 Å². The molecule has 1 saturated heterocycles. The Bertz CT molecular complexity index is 720. The SMILES string of the molecule is CN[C@@H](Cc1ccc(-c2ccc(N3CCN(C)CC3)cc2)cc1)C(=O)O. The molecule has 0 amide bonds. The first-order chi connectivity index (χ1) is 12.6. The summed E-state index contributed by atoms with van der Waals surface area (Å²) in [6, 6.07) is 16.3. The van der Waals surface area contributed by atoms with Crippen LogP contribution < -0.4 is 10.2 Å². The molecule has 1 fully saturated rings. The first-order valence-electron chi connectivity index (χ1n) is 9.10. The molecule has 0 aromatic heterocycles. The first-order valence-corrected chi connectivity index (χ1v) is 9.10. The highest BCUT2D eigenvalue weighted by Crippen LogP contribution is 2.24. The van der Waals surface area contributed by atoms with Crippen molar-refractivity contribution in [3.05, 3.63) is 54.1 Å². The average Bonchev–Trinajstić information content (AvgIpc) is 2.67. The van der Waals surface area contributed by atoms with Crippen molar-refractivity contribution in [1.82, 2.24) is 10.2 Å². The highest BCUT2D eigenvalue weighted by molar-refractivity contribution is 5.74. The Hall–Kier alpha value is -2.37. The topological polar surface area (TPSA) is 55.8 Å². The zero-order chi connectivity index (χ0) is 18.5.